The van der Waals surface area contributed by atoms with Crippen LogP contribution in [0.4, 0.5) is 0 Å². The molecule has 1 saturated carbocycles. The van der Waals surface area contributed by atoms with E-state index in [1.165, 1.54) is 4.31 Å². The normalized spacial score (nSPS) is 25.2. The molecule has 9 nitrogen and oxygen atoms in total. The van der Waals surface area contributed by atoms with Crippen LogP contribution in [0.15, 0.2) is 6.20 Å². The molecule has 0 unspecified atom stereocenters. The standard InChI is InChI=1S/C15H26N6O3S/c16-12-3-5-13(6-4-12)21-11-14(18-19-21)15(22)17-7-10-25(23,24)20-8-1-2-9-20/h11-13H,1-10,16H2,(H,17,22). The van der Waals surface area contributed by atoms with Crippen LogP contribution in [0.2, 0.25) is 0 Å². The van der Waals surface area contributed by atoms with Crippen LogP contribution in [0.5, 0.6) is 0 Å². The lowest BCUT2D eigenvalue weighted by Crippen LogP contribution is -2.36. The highest BCUT2D eigenvalue weighted by atomic mass is 32.2. The van der Waals surface area contributed by atoms with E-state index >= 15 is 0 Å². The number of aromatic nitrogens is 3. The van der Waals surface area contributed by atoms with Crippen molar-refractivity contribution in [3.63, 3.8) is 0 Å². The zero-order valence-electron chi connectivity index (χ0n) is 14.3. The van der Waals surface area contributed by atoms with Gasteiger partial charge >= 0.3 is 0 Å². The average molecular weight is 370 g/mol. The zero-order valence-corrected chi connectivity index (χ0v) is 15.1. The number of hydrogen-bond acceptors (Lipinski definition) is 6. The van der Waals surface area contributed by atoms with Crippen LogP contribution >= 0.6 is 0 Å². The second kappa shape index (κ2) is 7.79. The summed E-state index contributed by atoms with van der Waals surface area (Å²) in [7, 11) is -3.29. The van der Waals surface area contributed by atoms with Crippen LogP contribution in [0, 0.1) is 0 Å². The molecule has 0 spiro atoms. The smallest absolute Gasteiger partial charge is 0.273 e. The molecule has 0 bridgehead atoms. The van der Waals surface area contributed by atoms with E-state index in [1.54, 1.807) is 10.9 Å². The van der Waals surface area contributed by atoms with Gasteiger partial charge in [-0.3, -0.25) is 4.79 Å². The van der Waals surface area contributed by atoms with Crippen molar-refractivity contribution in [3.8, 4) is 0 Å². The monoisotopic (exact) mass is 370 g/mol. The Morgan fingerprint density at radius 1 is 1.24 bits per heavy atom. The lowest BCUT2D eigenvalue weighted by molar-refractivity contribution is 0.0951. The van der Waals surface area contributed by atoms with Crippen molar-refractivity contribution in [1.82, 2.24) is 24.6 Å². The third-order valence-electron chi connectivity index (χ3n) is 4.96. The molecule has 0 radical (unpaired) electrons. The molecule has 25 heavy (non-hydrogen) atoms. The second-order valence-corrected chi connectivity index (χ2v) is 8.92. The van der Waals surface area contributed by atoms with Crippen LogP contribution in [0.25, 0.3) is 0 Å². The lowest BCUT2D eigenvalue weighted by atomic mass is 9.92. The number of hydrogen-bond donors (Lipinski definition) is 2. The summed E-state index contributed by atoms with van der Waals surface area (Å²) in [5.74, 6) is -0.483. The van der Waals surface area contributed by atoms with Crippen molar-refractivity contribution in [2.45, 2.75) is 50.6 Å². The van der Waals surface area contributed by atoms with E-state index in [0.717, 1.165) is 38.5 Å². The zero-order chi connectivity index (χ0) is 17.9. The Morgan fingerprint density at radius 3 is 2.60 bits per heavy atom. The van der Waals surface area contributed by atoms with Crippen LogP contribution in [-0.2, 0) is 10.0 Å². The summed E-state index contributed by atoms with van der Waals surface area (Å²) < 4.78 is 27.5. The lowest BCUT2D eigenvalue weighted by Gasteiger charge is -2.25. The summed E-state index contributed by atoms with van der Waals surface area (Å²) in [5.41, 5.74) is 6.12. The quantitative estimate of drug-likeness (QED) is 0.719. The molecule has 2 fully saturated rings. The van der Waals surface area contributed by atoms with Crippen molar-refractivity contribution in [2.75, 3.05) is 25.4 Å². The number of carbonyl (C=O) groups excluding carboxylic acids is 1. The molecule has 1 saturated heterocycles. The summed E-state index contributed by atoms with van der Waals surface area (Å²) in [6, 6.07) is 0.476. The maximum absolute atomic E-state index is 12.1. The molecule has 10 heteroatoms. The molecule has 2 heterocycles. The van der Waals surface area contributed by atoms with E-state index in [2.05, 4.69) is 15.6 Å². The number of nitrogens with two attached hydrogens (primary N) is 1. The number of rotatable bonds is 6. The Labute approximate surface area is 148 Å². The number of sulfonamides is 1. The van der Waals surface area contributed by atoms with E-state index < -0.39 is 15.9 Å². The first-order valence-electron chi connectivity index (χ1n) is 8.89. The molecule has 2 aliphatic rings. The Hall–Kier alpha value is -1.52. The van der Waals surface area contributed by atoms with E-state index in [4.69, 9.17) is 5.73 Å². The molecule has 3 rings (SSSR count). The molecule has 1 aliphatic carbocycles. The predicted molar refractivity (Wildman–Crippen MR) is 92.4 cm³/mol. The highest BCUT2D eigenvalue weighted by molar-refractivity contribution is 7.89. The molecule has 1 aliphatic heterocycles. The first-order valence-corrected chi connectivity index (χ1v) is 10.5. The van der Waals surface area contributed by atoms with Gasteiger partial charge in [-0.2, -0.15) is 0 Å². The van der Waals surface area contributed by atoms with E-state index in [1.807, 2.05) is 0 Å². The highest BCUT2D eigenvalue weighted by Gasteiger charge is 2.25. The molecular weight excluding hydrogens is 344 g/mol. The molecule has 3 N–H and O–H groups in total. The second-order valence-electron chi connectivity index (χ2n) is 6.83. The van der Waals surface area contributed by atoms with Gasteiger partial charge in [-0.25, -0.2) is 17.4 Å². The largest absolute Gasteiger partial charge is 0.350 e. The van der Waals surface area contributed by atoms with Crippen molar-refractivity contribution < 1.29 is 13.2 Å². The van der Waals surface area contributed by atoms with Crippen molar-refractivity contribution >= 4 is 15.9 Å². The Kier molecular flexibility index (Phi) is 5.70. The van der Waals surface area contributed by atoms with Crippen LogP contribution in [-0.4, -0.2) is 65.1 Å². The SMILES string of the molecule is NC1CCC(n2cc(C(=O)NCCS(=O)(=O)N3CCCC3)nn2)CC1. The molecule has 0 aromatic carbocycles. The average Bonchev–Trinajstić information content (AvgIpc) is 3.27. The summed E-state index contributed by atoms with van der Waals surface area (Å²) in [6.07, 6.45) is 7.19. The van der Waals surface area contributed by atoms with Gasteiger partial charge in [-0.1, -0.05) is 5.21 Å². The highest BCUT2D eigenvalue weighted by Crippen LogP contribution is 2.26. The fraction of sp³-hybridized carbons (Fsp3) is 0.800. The number of carbonyl (C=O) groups is 1. The fourth-order valence-electron chi connectivity index (χ4n) is 3.40. The van der Waals surface area contributed by atoms with Gasteiger partial charge in [0.25, 0.3) is 5.91 Å². The van der Waals surface area contributed by atoms with Crippen LogP contribution < -0.4 is 11.1 Å². The molecule has 140 valence electrons. The molecular formula is C15H26N6O3S. The summed E-state index contributed by atoms with van der Waals surface area (Å²) in [5, 5.41) is 10.6. The number of amides is 1. The first-order chi connectivity index (χ1) is 12.0. The topological polar surface area (TPSA) is 123 Å². The van der Waals surface area contributed by atoms with Gasteiger partial charge in [0.2, 0.25) is 10.0 Å². The Bertz CT molecular complexity index is 690. The van der Waals surface area contributed by atoms with Crippen LogP contribution in [0.1, 0.15) is 55.1 Å². The van der Waals surface area contributed by atoms with Gasteiger partial charge in [0, 0.05) is 25.7 Å². The fourth-order valence-corrected chi connectivity index (χ4v) is 4.84. The van der Waals surface area contributed by atoms with Gasteiger partial charge in [-0.15, -0.1) is 5.10 Å². The maximum atomic E-state index is 12.1. The molecule has 1 aromatic rings. The van der Waals surface area contributed by atoms with E-state index in [9.17, 15) is 13.2 Å². The minimum atomic E-state index is -3.29. The molecule has 1 amide bonds. The summed E-state index contributed by atoms with van der Waals surface area (Å²) in [6.45, 7) is 1.23. The minimum Gasteiger partial charge on any atom is -0.350 e. The summed E-state index contributed by atoms with van der Waals surface area (Å²) in [4.78, 5) is 12.1. The minimum absolute atomic E-state index is 0.0722. The Balaban J connectivity index is 1.48. The van der Waals surface area contributed by atoms with Crippen LogP contribution in [0.3, 0.4) is 0 Å². The van der Waals surface area contributed by atoms with Crippen molar-refractivity contribution in [1.29, 1.82) is 0 Å². The first kappa shape index (κ1) is 18.3. The number of nitrogens with one attached hydrogen (secondary N) is 1. The van der Waals surface area contributed by atoms with Gasteiger partial charge in [0.1, 0.15) is 0 Å². The van der Waals surface area contributed by atoms with E-state index in [-0.39, 0.29) is 30.1 Å². The van der Waals surface area contributed by atoms with Gasteiger partial charge in [0.05, 0.1) is 18.0 Å². The maximum Gasteiger partial charge on any atom is 0.273 e. The predicted octanol–water partition coefficient (Wildman–Crippen LogP) is -0.124. The number of nitrogens with zero attached hydrogens (tertiary/aromatic N) is 4. The third kappa shape index (κ3) is 4.56. The van der Waals surface area contributed by atoms with E-state index in [0.29, 0.717) is 13.1 Å². The van der Waals surface area contributed by atoms with Gasteiger partial charge in [-0.05, 0) is 38.5 Å². The molecule has 0 atom stereocenters. The van der Waals surface area contributed by atoms with Crippen molar-refractivity contribution in [2.24, 2.45) is 5.73 Å². The van der Waals surface area contributed by atoms with Crippen molar-refractivity contribution in [3.05, 3.63) is 11.9 Å². The van der Waals surface area contributed by atoms with Gasteiger partial charge < -0.3 is 11.1 Å². The Morgan fingerprint density at radius 2 is 1.92 bits per heavy atom. The molecule has 1 aromatic heterocycles. The summed E-state index contributed by atoms with van der Waals surface area (Å²) >= 11 is 0. The third-order valence-corrected chi connectivity index (χ3v) is 6.83. The van der Waals surface area contributed by atoms with Gasteiger partial charge in [0.15, 0.2) is 5.69 Å².